The molecule has 0 aliphatic heterocycles. The van der Waals surface area contributed by atoms with Crippen LogP contribution in [0.2, 0.25) is 0 Å². The molecule has 0 aromatic carbocycles. The van der Waals surface area contributed by atoms with Crippen molar-refractivity contribution >= 4 is 11.8 Å². The van der Waals surface area contributed by atoms with E-state index in [-0.39, 0.29) is 24.3 Å². The lowest BCUT2D eigenvalue weighted by atomic mass is 9.84. The maximum Gasteiger partial charge on any atom is 0.243 e. The number of amides is 2. The van der Waals surface area contributed by atoms with Gasteiger partial charge in [0.1, 0.15) is 12.6 Å². The second kappa shape index (κ2) is 9.54. The molecule has 0 radical (unpaired) electrons. The van der Waals surface area contributed by atoms with E-state index in [0.29, 0.717) is 12.3 Å². The Bertz CT molecular complexity index is 432. The van der Waals surface area contributed by atoms with Crippen LogP contribution in [0.25, 0.3) is 0 Å². The van der Waals surface area contributed by atoms with Gasteiger partial charge in [0.15, 0.2) is 0 Å². The highest BCUT2D eigenvalue weighted by atomic mass is 16.2. The third-order valence-corrected chi connectivity index (χ3v) is 5.24. The minimum Gasteiger partial charge on any atom is -0.344 e. The van der Waals surface area contributed by atoms with Crippen molar-refractivity contribution in [1.82, 2.24) is 10.6 Å². The molecule has 2 aliphatic rings. The van der Waals surface area contributed by atoms with Crippen LogP contribution >= 0.6 is 0 Å². The van der Waals surface area contributed by atoms with Crippen LogP contribution in [0.4, 0.5) is 0 Å². The number of nitrogens with one attached hydrogen (secondary N) is 2. The summed E-state index contributed by atoms with van der Waals surface area (Å²) in [6.07, 6.45) is 12.0. The average molecular weight is 319 g/mol. The molecule has 1 atom stereocenters. The van der Waals surface area contributed by atoms with E-state index >= 15 is 0 Å². The fraction of sp³-hybridized carbons (Fsp3) is 0.833. The van der Waals surface area contributed by atoms with Crippen LogP contribution in [0.1, 0.15) is 70.6 Å². The predicted octanol–water partition coefficient (Wildman–Crippen LogP) is 2.66. The van der Waals surface area contributed by atoms with Crippen LogP contribution in [0.5, 0.6) is 0 Å². The van der Waals surface area contributed by atoms with Gasteiger partial charge >= 0.3 is 0 Å². The minimum absolute atomic E-state index is 0.000695. The molecule has 2 aliphatic carbocycles. The van der Waals surface area contributed by atoms with E-state index < -0.39 is 6.04 Å². The Labute approximate surface area is 139 Å². The molecule has 0 unspecified atom stereocenters. The van der Waals surface area contributed by atoms with E-state index in [4.69, 9.17) is 5.26 Å². The molecule has 0 spiro atoms. The monoisotopic (exact) mass is 319 g/mol. The molecule has 2 N–H and O–H groups in total. The van der Waals surface area contributed by atoms with E-state index in [1.165, 1.54) is 25.7 Å². The van der Waals surface area contributed by atoms with Crippen LogP contribution < -0.4 is 10.6 Å². The van der Waals surface area contributed by atoms with Gasteiger partial charge in [-0.15, -0.1) is 0 Å². The van der Waals surface area contributed by atoms with E-state index in [1.54, 1.807) is 0 Å². The number of hydrogen-bond donors (Lipinski definition) is 2. The summed E-state index contributed by atoms with van der Waals surface area (Å²) in [4.78, 5) is 24.8. The smallest absolute Gasteiger partial charge is 0.243 e. The highest BCUT2D eigenvalue weighted by Crippen LogP contribution is 2.28. The Kier molecular flexibility index (Phi) is 7.38. The summed E-state index contributed by atoms with van der Waals surface area (Å²) in [5, 5.41) is 14.2. The molecule has 5 nitrogen and oxygen atoms in total. The lowest BCUT2D eigenvalue weighted by Gasteiger charge is -2.28. The summed E-state index contributed by atoms with van der Waals surface area (Å²) in [5.41, 5.74) is 0. The molecular weight excluding hydrogens is 290 g/mol. The van der Waals surface area contributed by atoms with Gasteiger partial charge in [0.25, 0.3) is 0 Å². The minimum atomic E-state index is -0.485. The maximum absolute atomic E-state index is 12.5. The number of nitriles is 1. The van der Waals surface area contributed by atoms with Gasteiger partial charge in [-0.25, -0.2) is 0 Å². The van der Waals surface area contributed by atoms with Crippen LogP contribution in [0, 0.1) is 23.2 Å². The fourth-order valence-corrected chi connectivity index (χ4v) is 3.89. The molecule has 2 rings (SSSR count). The normalized spacial score (nSPS) is 21.2. The molecule has 2 amide bonds. The summed E-state index contributed by atoms with van der Waals surface area (Å²) >= 11 is 0. The number of rotatable bonds is 6. The van der Waals surface area contributed by atoms with Crippen LogP contribution in [0.15, 0.2) is 0 Å². The first kappa shape index (κ1) is 17.8. The molecule has 0 saturated heterocycles. The Morgan fingerprint density at radius 1 is 1.00 bits per heavy atom. The zero-order valence-electron chi connectivity index (χ0n) is 14.0. The first-order chi connectivity index (χ1) is 11.2. The van der Waals surface area contributed by atoms with Crippen LogP contribution in [-0.2, 0) is 9.59 Å². The lowest BCUT2D eigenvalue weighted by molar-refractivity contribution is -0.132. The largest absolute Gasteiger partial charge is 0.344 e. The average Bonchev–Trinajstić information content (AvgIpc) is 2.60. The topological polar surface area (TPSA) is 82.0 Å². The van der Waals surface area contributed by atoms with Gasteiger partial charge in [0.05, 0.1) is 6.07 Å². The fourth-order valence-electron chi connectivity index (χ4n) is 3.89. The van der Waals surface area contributed by atoms with Crippen molar-refractivity contribution in [3.05, 3.63) is 0 Å². The van der Waals surface area contributed by atoms with Gasteiger partial charge in [0.2, 0.25) is 11.8 Å². The number of carbonyl (C=O) groups is 2. The summed E-state index contributed by atoms with van der Waals surface area (Å²) in [5.74, 6) is 0.383. The predicted molar refractivity (Wildman–Crippen MR) is 88.3 cm³/mol. The van der Waals surface area contributed by atoms with Gasteiger partial charge in [-0.05, 0) is 25.2 Å². The standard InChI is InChI=1S/C18H29N3O2/c19-11-12-20-18(23)16(13-14-7-3-1-4-8-14)21-17(22)15-9-5-2-6-10-15/h14-16H,1-10,12-13H2,(H,20,23)(H,21,22)/t16-/m0/s1. The molecule has 0 bridgehead atoms. The number of nitrogens with zero attached hydrogens (tertiary/aromatic N) is 1. The van der Waals surface area contributed by atoms with Crippen LogP contribution in [0.3, 0.4) is 0 Å². The SMILES string of the molecule is N#CCNC(=O)[C@H](CC1CCCCC1)NC(=O)C1CCCCC1. The first-order valence-corrected chi connectivity index (χ1v) is 9.15. The lowest BCUT2D eigenvalue weighted by Crippen LogP contribution is -2.49. The van der Waals surface area contributed by atoms with E-state index in [9.17, 15) is 9.59 Å². The van der Waals surface area contributed by atoms with Crippen molar-refractivity contribution in [3.63, 3.8) is 0 Å². The molecule has 2 fully saturated rings. The molecule has 5 heteroatoms. The molecule has 0 heterocycles. The van der Waals surface area contributed by atoms with Crippen molar-refractivity contribution in [2.75, 3.05) is 6.54 Å². The van der Waals surface area contributed by atoms with Crippen molar-refractivity contribution in [1.29, 1.82) is 5.26 Å². The van der Waals surface area contributed by atoms with E-state index in [1.807, 2.05) is 6.07 Å². The molecular formula is C18H29N3O2. The maximum atomic E-state index is 12.5. The molecule has 23 heavy (non-hydrogen) atoms. The van der Waals surface area contributed by atoms with Crippen molar-refractivity contribution in [3.8, 4) is 6.07 Å². The van der Waals surface area contributed by atoms with Crippen LogP contribution in [-0.4, -0.2) is 24.4 Å². The van der Waals surface area contributed by atoms with Gasteiger partial charge in [-0.3, -0.25) is 9.59 Å². The van der Waals surface area contributed by atoms with Crippen molar-refractivity contribution in [2.45, 2.75) is 76.7 Å². The molecule has 2 saturated carbocycles. The zero-order chi connectivity index (χ0) is 16.5. The highest BCUT2D eigenvalue weighted by Gasteiger charge is 2.29. The first-order valence-electron chi connectivity index (χ1n) is 9.15. The Morgan fingerprint density at radius 3 is 2.22 bits per heavy atom. The van der Waals surface area contributed by atoms with E-state index in [0.717, 1.165) is 38.5 Å². The van der Waals surface area contributed by atoms with Gasteiger partial charge in [-0.1, -0.05) is 51.4 Å². The van der Waals surface area contributed by atoms with Crippen molar-refractivity contribution < 1.29 is 9.59 Å². The number of hydrogen-bond acceptors (Lipinski definition) is 3. The number of carbonyl (C=O) groups excluding carboxylic acids is 2. The zero-order valence-corrected chi connectivity index (χ0v) is 14.0. The van der Waals surface area contributed by atoms with Gasteiger partial charge in [0, 0.05) is 5.92 Å². The van der Waals surface area contributed by atoms with E-state index in [2.05, 4.69) is 10.6 Å². The summed E-state index contributed by atoms with van der Waals surface area (Å²) in [6, 6.07) is 1.44. The molecule has 128 valence electrons. The Balaban J connectivity index is 1.92. The Hall–Kier alpha value is -1.57. The molecule has 0 aromatic rings. The summed E-state index contributed by atoms with van der Waals surface area (Å²) < 4.78 is 0. The third kappa shape index (κ3) is 5.85. The quantitative estimate of drug-likeness (QED) is 0.738. The van der Waals surface area contributed by atoms with Gasteiger partial charge < -0.3 is 10.6 Å². The molecule has 0 aromatic heterocycles. The summed E-state index contributed by atoms with van der Waals surface area (Å²) in [7, 11) is 0. The highest BCUT2D eigenvalue weighted by molar-refractivity contribution is 5.88. The Morgan fingerprint density at radius 2 is 1.61 bits per heavy atom. The van der Waals surface area contributed by atoms with Crippen molar-refractivity contribution in [2.24, 2.45) is 11.8 Å². The van der Waals surface area contributed by atoms with Gasteiger partial charge in [-0.2, -0.15) is 5.26 Å². The summed E-state index contributed by atoms with van der Waals surface area (Å²) in [6.45, 7) is -0.000695. The third-order valence-electron chi connectivity index (χ3n) is 5.24. The second-order valence-corrected chi connectivity index (χ2v) is 7.01. The second-order valence-electron chi connectivity index (χ2n) is 7.01.